The van der Waals surface area contributed by atoms with Crippen LogP contribution in [0, 0.1) is 0 Å². The first-order chi connectivity index (χ1) is 9.43. The van der Waals surface area contributed by atoms with E-state index < -0.39 is 17.2 Å². The summed E-state index contributed by atoms with van der Waals surface area (Å²) in [5, 5.41) is 2.45. The largest absolute Gasteiger partial charge is 0.453 e. The Morgan fingerprint density at radius 3 is 2.75 bits per heavy atom. The van der Waals surface area contributed by atoms with Gasteiger partial charge < -0.3 is 9.73 Å². The zero-order valence-electron chi connectivity index (χ0n) is 10.5. The van der Waals surface area contributed by atoms with Gasteiger partial charge in [-0.1, -0.05) is 6.92 Å². The molecule has 0 spiro atoms. The van der Waals surface area contributed by atoms with E-state index in [0.29, 0.717) is 28.3 Å². The third-order valence-corrected chi connectivity index (χ3v) is 4.02. The Balaban J connectivity index is 2.32. The van der Waals surface area contributed by atoms with Crippen molar-refractivity contribution in [3.63, 3.8) is 0 Å². The number of furan rings is 1. The van der Waals surface area contributed by atoms with E-state index in [4.69, 9.17) is 16.0 Å². The average molecular weight is 325 g/mol. The van der Waals surface area contributed by atoms with Gasteiger partial charge in [0, 0.05) is 16.6 Å². The number of nitrogens with one attached hydrogen (secondary N) is 1. The summed E-state index contributed by atoms with van der Waals surface area (Å²) >= 11 is 6.52. The molecule has 3 nitrogen and oxygen atoms in total. The quantitative estimate of drug-likeness (QED) is 0.880. The molecule has 1 unspecified atom stereocenters. The fourth-order valence-electron chi connectivity index (χ4n) is 1.71. The van der Waals surface area contributed by atoms with Gasteiger partial charge in [0.25, 0.3) is 0 Å². The molecule has 2 aromatic heterocycles. The molecule has 2 heterocycles. The number of thiazole rings is 1. The van der Waals surface area contributed by atoms with Gasteiger partial charge in [-0.05, 0) is 30.6 Å². The maximum atomic E-state index is 12.6. The standard InChI is InChI=1S/C12H12ClF3N2OS/c1-2-4-17-9(7-3-5-19-10(7)13)8-6-18-11(20-8)12(14,15)16/h3,5-6,9,17H,2,4H2,1H3. The number of nitrogens with zero attached hydrogens (tertiary/aromatic N) is 1. The fourth-order valence-corrected chi connectivity index (χ4v) is 2.82. The van der Waals surface area contributed by atoms with Gasteiger partial charge in [0.15, 0.2) is 10.2 Å². The second-order valence-electron chi connectivity index (χ2n) is 4.10. The van der Waals surface area contributed by atoms with Crippen molar-refractivity contribution in [3.8, 4) is 0 Å². The summed E-state index contributed by atoms with van der Waals surface area (Å²) in [7, 11) is 0. The number of rotatable bonds is 5. The van der Waals surface area contributed by atoms with Crippen LogP contribution in [-0.4, -0.2) is 11.5 Å². The maximum absolute atomic E-state index is 12.6. The van der Waals surface area contributed by atoms with E-state index in [2.05, 4.69) is 10.3 Å². The zero-order chi connectivity index (χ0) is 14.8. The predicted octanol–water partition coefficient (Wildman–Crippen LogP) is 4.50. The van der Waals surface area contributed by atoms with Crippen molar-refractivity contribution < 1.29 is 17.6 Å². The topological polar surface area (TPSA) is 38.1 Å². The van der Waals surface area contributed by atoms with Gasteiger partial charge in [0.05, 0.1) is 12.3 Å². The van der Waals surface area contributed by atoms with E-state index in [1.807, 2.05) is 6.92 Å². The summed E-state index contributed by atoms with van der Waals surface area (Å²) in [6.07, 6.45) is -0.955. The minimum atomic E-state index is -4.43. The molecule has 0 radical (unpaired) electrons. The summed E-state index contributed by atoms with van der Waals surface area (Å²) in [5.41, 5.74) is 0.609. The lowest BCUT2D eigenvalue weighted by molar-refractivity contribution is -0.137. The molecular weight excluding hydrogens is 313 g/mol. The van der Waals surface area contributed by atoms with E-state index >= 15 is 0 Å². The van der Waals surface area contributed by atoms with Crippen molar-refractivity contribution in [2.75, 3.05) is 6.54 Å². The van der Waals surface area contributed by atoms with Gasteiger partial charge in [-0.3, -0.25) is 0 Å². The Morgan fingerprint density at radius 1 is 1.50 bits per heavy atom. The summed E-state index contributed by atoms with van der Waals surface area (Å²) in [4.78, 5) is 3.89. The van der Waals surface area contributed by atoms with E-state index in [9.17, 15) is 13.2 Å². The molecule has 0 saturated carbocycles. The van der Waals surface area contributed by atoms with Crippen molar-refractivity contribution >= 4 is 22.9 Å². The predicted molar refractivity (Wildman–Crippen MR) is 71.0 cm³/mol. The number of hydrogen-bond acceptors (Lipinski definition) is 4. The smallest absolute Gasteiger partial charge is 0.443 e. The lowest BCUT2D eigenvalue weighted by Crippen LogP contribution is -2.22. The lowest BCUT2D eigenvalue weighted by Gasteiger charge is -2.15. The highest BCUT2D eigenvalue weighted by molar-refractivity contribution is 7.11. The molecule has 0 aromatic carbocycles. The van der Waals surface area contributed by atoms with E-state index in [0.717, 1.165) is 6.42 Å². The van der Waals surface area contributed by atoms with Crippen LogP contribution < -0.4 is 5.32 Å². The van der Waals surface area contributed by atoms with E-state index in [1.165, 1.54) is 12.5 Å². The number of halogens is 4. The molecule has 8 heteroatoms. The monoisotopic (exact) mass is 324 g/mol. The Hall–Kier alpha value is -1.05. The second kappa shape index (κ2) is 6.15. The van der Waals surface area contributed by atoms with Crippen molar-refractivity contribution in [2.24, 2.45) is 0 Å². The molecule has 0 bridgehead atoms. The Bertz CT molecular complexity index is 567. The first kappa shape index (κ1) is 15.3. The van der Waals surface area contributed by atoms with Crippen molar-refractivity contribution in [1.82, 2.24) is 10.3 Å². The van der Waals surface area contributed by atoms with E-state index in [-0.39, 0.29) is 5.22 Å². The second-order valence-corrected chi connectivity index (χ2v) is 5.51. The van der Waals surface area contributed by atoms with Gasteiger partial charge >= 0.3 is 6.18 Å². The maximum Gasteiger partial charge on any atom is 0.443 e. The molecule has 20 heavy (non-hydrogen) atoms. The Labute approximate surface area is 122 Å². The van der Waals surface area contributed by atoms with Gasteiger partial charge in [-0.15, -0.1) is 11.3 Å². The van der Waals surface area contributed by atoms with Gasteiger partial charge in [-0.25, -0.2) is 4.98 Å². The van der Waals surface area contributed by atoms with E-state index in [1.54, 1.807) is 6.07 Å². The number of alkyl halides is 3. The van der Waals surface area contributed by atoms with Crippen LogP contribution in [0.25, 0.3) is 0 Å². The third-order valence-electron chi connectivity index (χ3n) is 2.61. The zero-order valence-corrected chi connectivity index (χ0v) is 12.1. The summed E-state index contributed by atoms with van der Waals surface area (Å²) in [6.45, 7) is 2.61. The highest BCUT2D eigenvalue weighted by atomic mass is 35.5. The summed E-state index contributed by atoms with van der Waals surface area (Å²) in [6, 6.07) is 1.19. The Kier molecular flexibility index (Phi) is 4.72. The molecule has 0 aliphatic heterocycles. The molecule has 0 fully saturated rings. The van der Waals surface area contributed by atoms with Crippen LogP contribution >= 0.6 is 22.9 Å². The number of hydrogen-bond donors (Lipinski definition) is 1. The fraction of sp³-hybridized carbons (Fsp3) is 0.417. The normalized spacial score (nSPS) is 13.7. The third kappa shape index (κ3) is 3.34. The van der Waals surface area contributed by atoms with Gasteiger partial charge in [0.2, 0.25) is 0 Å². The van der Waals surface area contributed by atoms with Gasteiger partial charge in [-0.2, -0.15) is 13.2 Å². The average Bonchev–Trinajstić information content (AvgIpc) is 2.99. The van der Waals surface area contributed by atoms with Crippen LogP contribution in [0.5, 0.6) is 0 Å². The van der Waals surface area contributed by atoms with Crippen LogP contribution in [0.1, 0.15) is 34.8 Å². The Morgan fingerprint density at radius 2 is 2.25 bits per heavy atom. The van der Waals surface area contributed by atoms with Crippen molar-refractivity contribution in [2.45, 2.75) is 25.6 Å². The molecule has 110 valence electrons. The van der Waals surface area contributed by atoms with Gasteiger partial charge in [0.1, 0.15) is 0 Å². The minimum absolute atomic E-state index is 0.167. The molecule has 0 aliphatic carbocycles. The van der Waals surface area contributed by atoms with Crippen molar-refractivity contribution in [1.29, 1.82) is 0 Å². The first-order valence-corrected chi connectivity index (χ1v) is 7.12. The molecule has 1 atom stereocenters. The SMILES string of the molecule is CCCNC(c1cnc(C(F)(F)F)s1)c1ccoc1Cl. The number of aromatic nitrogens is 1. The summed E-state index contributed by atoms with van der Waals surface area (Å²) < 4.78 is 42.9. The molecule has 2 aromatic rings. The van der Waals surface area contributed by atoms with Crippen LogP contribution in [0.3, 0.4) is 0 Å². The highest BCUT2D eigenvalue weighted by Gasteiger charge is 2.35. The molecule has 0 amide bonds. The molecule has 0 saturated heterocycles. The van der Waals surface area contributed by atoms with Crippen LogP contribution in [0.15, 0.2) is 22.9 Å². The molecule has 2 rings (SSSR count). The summed E-state index contributed by atoms with van der Waals surface area (Å²) in [5.74, 6) is 0. The lowest BCUT2D eigenvalue weighted by atomic mass is 10.1. The van der Waals surface area contributed by atoms with Crippen molar-refractivity contribution in [3.05, 3.63) is 39.2 Å². The molecule has 1 N–H and O–H groups in total. The minimum Gasteiger partial charge on any atom is -0.453 e. The van der Waals surface area contributed by atoms with Crippen LogP contribution in [-0.2, 0) is 6.18 Å². The first-order valence-electron chi connectivity index (χ1n) is 5.92. The highest BCUT2D eigenvalue weighted by Crippen LogP contribution is 2.37. The van der Waals surface area contributed by atoms with Crippen LogP contribution in [0.2, 0.25) is 5.22 Å². The van der Waals surface area contributed by atoms with Crippen LogP contribution in [0.4, 0.5) is 13.2 Å². The molecular formula is C12H12ClF3N2OS. The molecule has 0 aliphatic rings.